The van der Waals surface area contributed by atoms with Crippen LogP contribution in [0, 0.1) is 5.92 Å². The first kappa shape index (κ1) is 14.4. The second-order valence-electron chi connectivity index (χ2n) is 5.23. The fourth-order valence-electron chi connectivity index (χ4n) is 2.70. The monoisotopic (exact) mass is 276 g/mol. The third kappa shape index (κ3) is 3.50. The van der Waals surface area contributed by atoms with E-state index in [0.717, 1.165) is 25.7 Å². The number of carbonyl (C=O) groups is 2. The van der Waals surface area contributed by atoms with Crippen molar-refractivity contribution in [3.8, 4) is 5.75 Å². The second kappa shape index (κ2) is 6.41. The van der Waals surface area contributed by atoms with Crippen LogP contribution in [-0.4, -0.2) is 23.0 Å². The van der Waals surface area contributed by atoms with Gasteiger partial charge in [-0.25, -0.2) is 0 Å². The lowest BCUT2D eigenvalue weighted by Gasteiger charge is -2.23. The average Bonchev–Trinajstić information content (AvgIpc) is 2.92. The number of phenolic OH excluding ortho intramolecular Hbond substituents is 1. The fourth-order valence-corrected chi connectivity index (χ4v) is 2.70. The molecule has 20 heavy (non-hydrogen) atoms. The molecule has 3 N–H and O–H groups in total. The molecule has 0 aliphatic heterocycles. The third-order valence-electron chi connectivity index (χ3n) is 3.67. The van der Waals surface area contributed by atoms with Crippen LogP contribution in [0.4, 0.5) is 5.69 Å². The van der Waals surface area contributed by atoms with E-state index in [2.05, 4.69) is 10.6 Å². The Balaban J connectivity index is 2.09. The van der Waals surface area contributed by atoms with Crippen molar-refractivity contribution in [3.05, 3.63) is 24.3 Å². The lowest BCUT2D eigenvalue weighted by atomic mass is 9.97. The summed E-state index contributed by atoms with van der Waals surface area (Å²) >= 11 is 0. The minimum absolute atomic E-state index is 0.0221. The van der Waals surface area contributed by atoms with E-state index in [1.807, 2.05) is 0 Å². The predicted molar refractivity (Wildman–Crippen MR) is 76.3 cm³/mol. The molecule has 0 radical (unpaired) electrons. The van der Waals surface area contributed by atoms with Gasteiger partial charge in [0.2, 0.25) is 11.8 Å². The summed E-state index contributed by atoms with van der Waals surface area (Å²) < 4.78 is 0. The molecule has 0 aromatic heterocycles. The van der Waals surface area contributed by atoms with Crippen molar-refractivity contribution in [3.63, 3.8) is 0 Å². The van der Waals surface area contributed by atoms with Gasteiger partial charge in [0.1, 0.15) is 11.8 Å². The summed E-state index contributed by atoms with van der Waals surface area (Å²) in [7, 11) is 0. The SMILES string of the molecule is CC(=O)NC(C(=O)Nc1ccccc1O)C1CCCC1. The molecule has 0 heterocycles. The van der Waals surface area contributed by atoms with E-state index in [1.54, 1.807) is 18.2 Å². The number of benzene rings is 1. The van der Waals surface area contributed by atoms with Crippen molar-refractivity contribution in [1.29, 1.82) is 0 Å². The Hall–Kier alpha value is -2.04. The summed E-state index contributed by atoms with van der Waals surface area (Å²) in [5, 5.41) is 15.1. The van der Waals surface area contributed by atoms with Gasteiger partial charge in [0.15, 0.2) is 0 Å². The van der Waals surface area contributed by atoms with Gasteiger partial charge < -0.3 is 15.7 Å². The van der Waals surface area contributed by atoms with E-state index in [-0.39, 0.29) is 23.5 Å². The number of anilines is 1. The van der Waals surface area contributed by atoms with E-state index in [1.165, 1.54) is 13.0 Å². The summed E-state index contributed by atoms with van der Waals surface area (Å²) in [6, 6.07) is 6.03. The molecule has 5 nitrogen and oxygen atoms in total. The maximum atomic E-state index is 12.4. The van der Waals surface area contributed by atoms with E-state index < -0.39 is 6.04 Å². The molecule has 108 valence electrons. The van der Waals surface area contributed by atoms with Crippen molar-refractivity contribution >= 4 is 17.5 Å². The summed E-state index contributed by atoms with van der Waals surface area (Å²) in [4.78, 5) is 23.6. The summed E-state index contributed by atoms with van der Waals surface area (Å²) in [6.07, 6.45) is 4.06. The summed E-state index contributed by atoms with van der Waals surface area (Å²) in [5.41, 5.74) is 0.367. The Morgan fingerprint density at radius 2 is 1.90 bits per heavy atom. The normalized spacial score (nSPS) is 16.6. The molecule has 1 aliphatic carbocycles. The molecule has 1 aliphatic rings. The van der Waals surface area contributed by atoms with Crippen LogP contribution < -0.4 is 10.6 Å². The molecule has 0 spiro atoms. The zero-order valence-electron chi connectivity index (χ0n) is 11.6. The fraction of sp³-hybridized carbons (Fsp3) is 0.467. The summed E-state index contributed by atoms with van der Waals surface area (Å²) in [6.45, 7) is 1.41. The molecule has 1 aromatic rings. The van der Waals surface area contributed by atoms with Crippen LogP contribution in [0.5, 0.6) is 5.75 Å². The third-order valence-corrected chi connectivity index (χ3v) is 3.67. The van der Waals surface area contributed by atoms with Gasteiger partial charge in [0.25, 0.3) is 0 Å². The minimum Gasteiger partial charge on any atom is -0.506 e. The molecular formula is C15H20N2O3. The molecule has 0 saturated heterocycles. The lowest BCUT2D eigenvalue weighted by molar-refractivity contribution is -0.126. The number of rotatable bonds is 4. The predicted octanol–water partition coefficient (Wildman–Crippen LogP) is 2.03. The van der Waals surface area contributed by atoms with Gasteiger partial charge in [0, 0.05) is 6.92 Å². The Bertz CT molecular complexity index is 496. The van der Waals surface area contributed by atoms with Crippen LogP contribution in [0.25, 0.3) is 0 Å². The van der Waals surface area contributed by atoms with E-state index >= 15 is 0 Å². The highest BCUT2D eigenvalue weighted by Gasteiger charge is 2.31. The first-order valence-electron chi connectivity index (χ1n) is 6.94. The number of para-hydroxylation sites is 2. The number of carbonyl (C=O) groups excluding carboxylic acids is 2. The molecule has 1 atom stereocenters. The highest BCUT2D eigenvalue weighted by molar-refractivity contribution is 5.98. The zero-order valence-corrected chi connectivity index (χ0v) is 11.6. The molecule has 0 bridgehead atoms. The van der Waals surface area contributed by atoms with E-state index in [4.69, 9.17) is 0 Å². The van der Waals surface area contributed by atoms with E-state index in [9.17, 15) is 14.7 Å². The number of amides is 2. The van der Waals surface area contributed by atoms with Gasteiger partial charge in [-0.15, -0.1) is 0 Å². The molecule has 2 amide bonds. The van der Waals surface area contributed by atoms with Gasteiger partial charge in [0.05, 0.1) is 5.69 Å². The van der Waals surface area contributed by atoms with Gasteiger partial charge in [-0.05, 0) is 30.9 Å². The van der Waals surface area contributed by atoms with E-state index in [0.29, 0.717) is 5.69 Å². The molecule has 1 aromatic carbocycles. The van der Waals surface area contributed by atoms with Crippen LogP contribution in [-0.2, 0) is 9.59 Å². The van der Waals surface area contributed by atoms with Gasteiger partial charge in [-0.3, -0.25) is 9.59 Å². The Morgan fingerprint density at radius 1 is 1.25 bits per heavy atom. The minimum atomic E-state index is -0.533. The van der Waals surface area contributed by atoms with Gasteiger partial charge in [-0.2, -0.15) is 0 Å². The molecule has 1 fully saturated rings. The summed E-state index contributed by atoms with van der Waals surface area (Å²) in [5.74, 6) is -0.290. The standard InChI is InChI=1S/C15H20N2O3/c1-10(18)16-14(11-6-2-3-7-11)15(20)17-12-8-4-5-9-13(12)19/h4-5,8-9,11,14,19H,2-3,6-7H2,1H3,(H,16,18)(H,17,20). The number of aromatic hydroxyl groups is 1. The Labute approximate surface area is 118 Å². The second-order valence-corrected chi connectivity index (χ2v) is 5.23. The molecular weight excluding hydrogens is 256 g/mol. The molecule has 1 saturated carbocycles. The molecule has 5 heteroatoms. The first-order chi connectivity index (χ1) is 9.58. The number of hydrogen-bond donors (Lipinski definition) is 3. The van der Waals surface area contributed by atoms with Crippen molar-refractivity contribution in [2.75, 3.05) is 5.32 Å². The van der Waals surface area contributed by atoms with Crippen LogP contribution in [0.15, 0.2) is 24.3 Å². The number of phenols is 1. The maximum absolute atomic E-state index is 12.4. The zero-order chi connectivity index (χ0) is 14.5. The highest BCUT2D eigenvalue weighted by atomic mass is 16.3. The molecule has 2 rings (SSSR count). The van der Waals surface area contributed by atoms with Crippen molar-refractivity contribution in [2.24, 2.45) is 5.92 Å². The first-order valence-corrected chi connectivity index (χ1v) is 6.94. The van der Waals surface area contributed by atoms with Crippen LogP contribution >= 0.6 is 0 Å². The van der Waals surface area contributed by atoms with Gasteiger partial charge >= 0.3 is 0 Å². The van der Waals surface area contributed by atoms with Gasteiger partial charge in [-0.1, -0.05) is 25.0 Å². The molecule has 1 unspecified atom stereocenters. The van der Waals surface area contributed by atoms with Crippen LogP contribution in [0.2, 0.25) is 0 Å². The average molecular weight is 276 g/mol. The number of hydrogen-bond acceptors (Lipinski definition) is 3. The van der Waals surface area contributed by atoms with Crippen molar-refractivity contribution in [2.45, 2.75) is 38.6 Å². The Morgan fingerprint density at radius 3 is 2.50 bits per heavy atom. The maximum Gasteiger partial charge on any atom is 0.247 e. The van der Waals surface area contributed by atoms with Crippen LogP contribution in [0.3, 0.4) is 0 Å². The quantitative estimate of drug-likeness (QED) is 0.736. The van der Waals surface area contributed by atoms with Crippen molar-refractivity contribution in [1.82, 2.24) is 5.32 Å². The smallest absolute Gasteiger partial charge is 0.247 e. The highest BCUT2D eigenvalue weighted by Crippen LogP contribution is 2.29. The Kier molecular flexibility index (Phi) is 4.61. The topological polar surface area (TPSA) is 78.4 Å². The van der Waals surface area contributed by atoms with Crippen LogP contribution in [0.1, 0.15) is 32.6 Å². The largest absolute Gasteiger partial charge is 0.506 e. The van der Waals surface area contributed by atoms with Crippen molar-refractivity contribution < 1.29 is 14.7 Å². The lowest BCUT2D eigenvalue weighted by Crippen LogP contribution is -2.47. The number of nitrogens with one attached hydrogen (secondary N) is 2.